The molecule has 0 radical (unpaired) electrons. The molecule has 29 heavy (non-hydrogen) atoms. The van der Waals surface area contributed by atoms with E-state index in [2.05, 4.69) is 15.3 Å². The van der Waals surface area contributed by atoms with Gasteiger partial charge in [0.05, 0.1) is 5.92 Å². The molecule has 1 N–H and O–H groups in total. The summed E-state index contributed by atoms with van der Waals surface area (Å²) in [5.74, 6) is -0.0399. The Kier molecular flexibility index (Phi) is 5.20. The normalized spacial score (nSPS) is 16.0. The molecule has 1 fully saturated rings. The zero-order valence-electron chi connectivity index (χ0n) is 15.9. The van der Waals surface area contributed by atoms with Crippen molar-refractivity contribution in [2.24, 2.45) is 5.92 Å². The van der Waals surface area contributed by atoms with Crippen LogP contribution < -0.4 is 15.0 Å². The molecule has 1 atom stereocenters. The van der Waals surface area contributed by atoms with Gasteiger partial charge in [-0.25, -0.2) is 9.97 Å². The van der Waals surface area contributed by atoms with Crippen molar-refractivity contribution in [3.63, 3.8) is 0 Å². The number of hydrogen-bond donors (Lipinski definition) is 1. The largest absolute Gasteiger partial charge is 0.424 e. The standard InChI is InChI=1S/C22H20N4O3/c1-15-3-7-18(8-4-15)26-14-16(13-20(26)27)21(28)25-17-5-9-19(10-6-17)29-22-23-11-2-12-24-22/h2-12,16H,13-14H2,1H3,(H,25,28). The highest BCUT2D eigenvalue weighted by Crippen LogP contribution is 2.27. The van der Waals surface area contributed by atoms with Gasteiger partial charge in [0.2, 0.25) is 11.8 Å². The van der Waals surface area contributed by atoms with Gasteiger partial charge < -0.3 is 15.0 Å². The first kappa shape index (κ1) is 18.6. The second kappa shape index (κ2) is 8.10. The third-order valence-electron chi connectivity index (χ3n) is 4.71. The summed E-state index contributed by atoms with van der Waals surface area (Å²) >= 11 is 0. The molecule has 0 saturated carbocycles. The van der Waals surface area contributed by atoms with Crippen LogP contribution >= 0.6 is 0 Å². The molecule has 1 unspecified atom stereocenters. The molecular formula is C22H20N4O3. The molecule has 2 amide bonds. The van der Waals surface area contributed by atoms with E-state index in [0.29, 0.717) is 18.0 Å². The number of benzene rings is 2. The first-order chi connectivity index (χ1) is 14.1. The zero-order chi connectivity index (χ0) is 20.2. The summed E-state index contributed by atoms with van der Waals surface area (Å²) in [7, 11) is 0. The third kappa shape index (κ3) is 4.40. The van der Waals surface area contributed by atoms with Crippen LogP contribution in [0.1, 0.15) is 12.0 Å². The Morgan fingerprint density at radius 1 is 1.07 bits per heavy atom. The molecule has 4 rings (SSSR count). The van der Waals surface area contributed by atoms with Crippen LogP contribution in [0, 0.1) is 12.8 Å². The first-order valence-corrected chi connectivity index (χ1v) is 9.31. The Morgan fingerprint density at radius 2 is 1.76 bits per heavy atom. The SMILES string of the molecule is Cc1ccc(N2CC(C(=O)Nc3ccc(Oc4ncccn4)cc3)CC2=O)cc1. The maximum atomic E-state index is 12.6. The lowest BCUT2D eigenvalue weighted by atomic mass is 10.1. The van der Waals surface area contributed by atoms with Crippen molar-refractivity contribution in [3.05, 3.63) is 72.6 Å². The molecule has 7 heteroatoms. The number of ether oxygens (including phenoxy) is 1. The van der Waals surface area contributed by atoms with Gasteiger partial charge >= 0.3 is 6.01 Å². The second-order valence-electron chi connectivity index (χ2n) is 6.89. The molecule has 1 aromatic heterocycles. The van der Waals surface area contributed by atoms with Crippen LogP contribution in [0.2, 0.25) is 0 Å². The topological polar surface area (TPSA) is 84.4 Å². The number of aryl methyl sites for hydroxylation is 1. The van der Waals surface area contributed by atoms with Gasteiger partial charge in [0.1, 0.15) is 5.75 Å². The van der Waals surface area contributed by atoms with Gasteiger partial charge in [-0.05, 0) is 49.4 Å². The smallest absolute Gasteiger partial charge is 0.321 e. The van der Waals surface area contributed by atoms with Crippen LogP contribution in [0.5, 0.6) is 11.8 Å². The Hall–Kier alpha value is -3.74. The minimum atomic E-state index is -0.391. The predicted octanol–water partition coefficient (Wildman–Crippen LogP) is 3.57. The van der Waals surface area contributed by atoms with Gasteiger partial charge in [0.25, 0.3) is 0 Å². The molecule has 146 valence electrons. The number of hydrogen-bond acceptors (Lipinski definition) is 5. The number of carbonyl (C=O) groups is 2. The van der Waals surface area contributed by atoms with Gasteiger partial charge in [-0.1, -0.05) is 17.7 Å². The highest BCUT2D eigenvalue weighted by molar-refractivity contribution is 6.03. The molecule has 0 bridgehead atoms. The van der Waals surface area contributed by atoms with Crippen LogP contribution in [0.15, 0.2) is 67.0 Å². The number of anilines is 2. The van der Waals surface area contributed by atoms with E-state index in [1.165, 1.54) is 0 Å². The van der Waals surface area contributed by atoms with E-state index >= 15 is 0 Å². The van der Waals surface area contributed by atoms with Crippen molar-refractivity contribution >= 4 is 23.2 Å². The lowest BCUT2D eigenvalue weighted by molar-refractivity contribution is -0.122. The van der Waals surface area contributed by atoms with Gasteiger partial charge in [0, 0.05) is 36.7 Å². The summed E-state index contributed by atoms with van der Waals surface area (Å²) in [5, 5.41) is 2.87. The van der Waals surface area contributed by atoms with Crippen LogP contribution in [0.3, 0.4) is 0 Å². The molecule has 2 heterocycles. The van der Waals surface area contributed by atoms with E-state index < -0.39 is 5.92 Å². The molecular weight excluding hydrogens is 368 g/mol. The van der Waals surface area contributed by atoms with Gasteiger partial charge in [0.15, 0.2) is 0 Å². The van der Waals surface area contributed by atoms with Crippen LogP contribution in [0.4, 0.5) is 11.4 Å². The lowest BCUT2D eigenvalue weighted by Gasteiger charge is -2.17. The highest BCUT2D eigenvalue weighted by atomic mass is 16.5. The predicted molar refractivity (Wildman–Crippen MR) is 109 cm³/mol. The number of nitrogens with one attached hydrogen (secondary N) is 1. The van der Waals surface area contributed by atoms with E-state index in [4.69, 9.17) is 4.74 Å². The van der Waals surface area contributed by atoms with E-state index in [1.54, 1.807) is 47.6 Å². The molecule has 3 aromatic rings. The second-order valence-corrected chi connectivity index (χ2v) is 6.89. The quantitative estimate of drug-likeness (QED) is 0.722. The van der Waals surface area contributed by atoms with Crippen molar-refractivity contribution < 1.29 is 14.3 Å². The molecule has 1 aliphatic rings. The van der Waals surface area contributed by atoms with Crippen molar-refractivity contribution in [3.8, 4) is 11.8 Å². The van der Waals surface area contributed by atoms with Crippen molar-refractivity contribution in [1.29, 1.82) is 0 Å². The molecule has 1 aliphatic heterocycles. The van der Waals surface area contributed by atoms with Crippen LogP contribution in [0.25, 0.3) is 0 Å². The minimum Gasteiger partial charge on any atom is -0.424 e. The van der Waals surface area contributed by atoms with Gasteiger partial charge in [-0.3, -0.25) is 9.59 Å². The third-order valence-corrected chi connectivity index (χ3v) is 4.71. The number of aromatic nitrogens is 2. The van der Waals surface area contributed by atoms with E-state index in [0.717, 1.165) is 11.3 Å². The van der Waals surface area contributed by atoms with E-state index in [-0.39, 0.29) is 24.2 Å². The Morgan fingerprint density at radius 3 is 2.45 bits per heavy atom. The van der Waals surface area contributed by atoms with Crippen LogP contribution in [-0.4, -0.2) is 28.3 Å². The molecule has 0 spiro atoms. The lowest BCUT2D eigenvalue weighted by Crippen LogP contribution is -2.28. The first-order valence-electron chi connectivity index (χ1n) is 9.31. The maximum absolute atomic E-state index is 12.6. The van der Waals surface area contributed by atoms with Crippen molar-refractivity contribution in [1.82, 2.24) is 9.97 Å². The summed E-state index contributed by atoms with van der Waals surface area (Å²) in [6.45, 7) is 2.37. The average Bonchev–Trinajstić information content (AvgIpc) is 3.13. The molecule has 0 aliphatic carbocycles. The molecule has 2 aromatic carbocycles. The summed E-state index contributed by atoms with van der Waals surface area (Å²) in [6.07, 6.45) is 3.39. The molecule has 7 nitrogen and oxygen atoms in total. The summed E-state index contributed by atoms with van der Waals surface area (Å²) in [5.41, 5.74) is 2.58. The fourth-order valence-electron chi connectivity index (χ4n) is 3.15. The number of nitrogens with zero attached hydrogens (tertiary/aromatic N) is 3. The monoisotopic (exact) mass is 388 g/mol. The Bertz CT molecular complexity index is 1000. The maximum Gasteiger partial charge on any atom is 0.321 e. The van der Waals surface area contributed by atoms with Gasteiger partial charge in [-0.15, -0.1) is 0 Å². The summed E-state index contributed by atoms with van der Waals surface area (Å²) < 4.78 is 5.54. The minimum absolute atomic E-state index is 0.0411. The summed E-state index contributed by atoms with van der Waals surface area (Å²) in [4.78, 5) is 34.7. The van der Waals surface area contributed by atoms with Gasteiger partial charge in [-0.2, -0.15) is 0 Å². The van der Waals surface area contributed by atoms with Crippen molar-refractivity contribution in [2.75, 3.05) is 16.8 Å². The fraction of sp³-hybridized carbons (Fsp3) is 0.182. The Labute approximate surface area is 168 Å². The van der Waals surface area contributed by atoms with Crippen molar-refractivity contribution in [2.45, 2.75) is 13.3 Å². The van der Waals surface area contributed by atoms with E-state index in [9.17, 15) is 9.59 Å². The number of carbonyl (C=O) groups excluding carboxylic acids is 2. The van der Waals surface area contributed by atoms with E-state index in [1.807, 2.05) is 31.2 Å². The number of amides is 2. The van der Waals surface area contributed by atoms with Crippen LogP contribution in [-0.2, 0) is 9.59 Å². The fourth-order valence-corrected chi connectivity index (χ4v) is 3.15. The molecule has 1 saturated heterocycles. The highest BCUT2D eigenvalue weighted by Gasteiger charge is 2.35. The summed E-state index contributed by atoms with van der Waals surface area (Å²) in [6, 6.07) is 16.6. The zero-order valence-corrected chi connectivity index (χ0v) is 15.9. The average molecular weight is 388 g/mol. The Balaban J connectivity index is 1.37. The number of rotatable bonds is 5.